The molecule has 0 spiro atoms. The van der Waals surface area contributed by atoms with Gasteiger partial charge in [0.15, 0.2) is 0 Å². The lowest BCUT2D eigenvalue weighted by atomic mass is 10.0. The van der Waals surface area contributed by atoms with Crippen molar-refractivity contribution < 1.29 is 4.74 Å². The van der Waals surface area contributed by atoms with Crippen molar-refractivity contribution in [2.75, 3.05) is 6.61 Å². The molecule has 1 aliphatic rings. The number of allylic oxidation sites excluding steroid dienone is 3. The van der Waals surface area contributed by atoms with Gasteiger partial charge in [-0.25, -0.2) is 0 Å². The number of hydrogen-bond donors (Lipinski definition) is 0. The minimum absolute atomic E-state index is 0.737. The summed E-state index contributed by atoms with van der Waals surface area (Å²) in [5.74, 6) is 1.82. The van der Waals surface area contributed by atoms with E-state index >= 15 is 0 Å². The Labute approximate surface area is 94.2 Å². The molecule has 0 N–H and O–H groups in total. The van der Waals surface area contributed by atoms with Gasteiger partial charge in [0.1, 0.15) is 5.76 Å². The monoisotopic (exact) mass is 208 g/mol. The van der Waals surface area contributed by atoms with Gasteiger partial charge in [0, 0.05) is 0 Å². The van der Waals surface area contributed by atoms with Crippen LogP contribution in [0.1, 0.15) is 52.4 Å². The standard InChI is InChI=1S/C14H24O/c1-3-5-9-13(4-2)12-15-14-10-7-6-8-11-14/h7,10-11,13H,3-6,8-9,12H2,1-2H3. The Morgan fingerprint density at radius 2 is 2.20 bits per heavy atom. The van der Waals surface area contributed by atoms with Gasteiger partial charge in [0.25, 0.3) is 0 Å². The van der Waals surface area contributed by atoms with Gasteiger partial charge in [-0.1, -0.05) is 39.2 Å². The summed E-state index contributed by atoms with van der Waals surface area (Å²) in [7, 11) is 0. The van der Waals surface area contributed by atoms with E-state index < -0.39 is 0 Å². The van der Waals surface area contributed by atoms with Crippen LogP contribution in [0, 0.1) is 5.92 Å². The Kier molecular flexibility index (Phi) is 6.22. The summed E-state index contributed by atoms with van der Waals surface area (Å²) in [4.78, 5) is 0. The van der Waals surface area contributed by atoms with Crippen molar-refractivity contribution >= 4 is 0 Å². The molecule has 15 heavy (non-hydrogen) atoms. The lowest BCUT2D eigenvalue weighted by molar-refractivity contribution is 0.163. The molecular formula is C14H24O. The van der Waals surface area contributed by atoms with Crippen molar-refractivity contribution in [2.24, 2.45) is 5.92 Å². The quantitative estimate of drug-likeness (QED) is 0.600. The zero-order valence-corrected chi connectivity index (χ0v) is 10.2. The van der Waals surface area contributed by atoms with E-state index in [-0.39, 0.29) is 0 Å². The second-order valence-electron chi connectivity index (χ2n) is 4.31. The van der Waals surface area contributed by atoms with E-state index in [2.05, 4.69) is 32.1 Å². The molecule has 0 saturated carbocycles. The maximum absolute atomic E-state index is 5.81. The van der Waals surface area contributed by atoms with Crippen LogP contribution in [-0.2, 0) is 4.74 Å². The topological polar surface area (TPSA) is 9.23 Å². The molecule has 0 amide bonds. The van der Waals surface area contributed by atoms with Gasteiger partial charge >= 0.3 is 0 Å². The van der Waals surface area contributed by atoms with Crippen molar-refractivity contribution in [1.29, 1.82) is 0 Å². The van der Waals surface area contributed by atoms with Crippen LogP contribution in [0.2, 0.25) is 0 Å². The Morgan fingerprint density at radius 3 is 2.80 bits per heavy atom. The van der Waals surface area contributed by atoms with Crippen LogP contribution in [0.25, 0.3) is 0 Å². The summed E-state index contributed by atoms with van der Waals surface area (Å²) in [6, 6.07) is 0. The zero-order chi connectivity index (χ0) is 10.9. The van der Waals surface area contributed by atoms with Gasteiger partial charge < -0.3 is 4.74 Å². The second kappa shape index (κ2) is 7.56. The predicted octanol–water partition coefficient (Wildman–Crippen LogP) is 4.45. The number of unbranched alkanes of at least 4 members (excludes halogenated alkanes) is 1. The summed E-state index contributed by atoms with van der Waals surface area (Å²) in [6.07, 6.45) is 14.0. The van der Waals surface area contributed by atoms with Gasteiger partial charge in [-0.15, -0.1) is 0 Å². The van der Waals surface area contributed by atoms with Crippen LogP contribution in [-0.4, -0.2) is 6.61 Å². The fourth-order valence-electron chi connectivity index (χ4n) is 1.81. The maximum atomic E-state index is 5.81. The van der Waals surface area contributed by atoms with Crippen LogP contribution in [0.4, 0.5) is 0 Å². The normalized spacial score (nSPS) is 17.3. The molecule has 1 heteroatoms. The third-order valence-electron chi connectivity index (χ3n) is 2.99. The van der Waals surface area contributed by atoms with Crippen molar-refractivity contribution in [3.8, 4) is 0 Å². The second-order valence-corrected chi connectivity index (χ2v) is 4.31. The highest BCUT2D eigenvalue weighted by molar-refractivity contribution is 5.15. The van der Waals surface area contributed by atoms with Gasteiger partial charge in [0.2, 0.25) is 0 Å². The van der Waals surface area contributed by atoms with Crippen LogP contribution in [0.15, 0.2) is 24.0 Å². The SMILES string of the molecule is CCCCC(CC)COC1=CCCC=C1. The lowest BCUT2D eigenvalue weighted by Gasteiger charge is -2.17. The average Bonchev–Trinajstić information content (AvgIpc) is 2.31. The van der Waals surface area contributed by atoms with Gasteiger partial charge in [-0.05, 0) is 37.3 Å². The Bertz CT molecular complexity index is 215. The molecule has 1 atom stereocenters. The molecule has 1 aliphatic carbocycles. The summed E-state index contributed by atoms with van der Waals surface area (Å²) in [6.45, 7) is 5.40. The van der Waals surface area contributed by atoms with E-state index in [0.717, 1.165) is 24.7 Å². The van der Waals surface area contributed by atoms with Crippen LogP contribution in [0.5, 0.6) is 0 Å². The minimum atomic E-state index is 0.737. The van der Waals surface area contributed by atoms with E-state index in [9.17, 15) is 0 Å². The molecule has 1 unspecified atom stereocenters. The third-order valence-corrected chi connectivity index (χ3v) is 2.99. The molecule has 1 nitrogen and oxygen atoms in total. The van der Waals surface area contributed by atoms with Crippen molar-refractivity contribution in [2.45, 2.75) is 52.4 Å². The fraction of sp³-hybridized carbons (Fsp3) is 0.714. The molecule has 86 valence electrons. The van der Waals surface area contributed by atoms with Crippen LogP contribution >= 0.6 is 0 Å². The first-order valence-corrected chi connectivity index (χ1v) is 6.36. The van der Waals surface area contributed by atoms with E-state index in [0.29, 0.717) is 0 Å². The number of ether oxygens (including phenoxy) is 1. The molecular weight excluding hydrogens is 184 g/mol. The number of hydrogen-bond acceptors (Lipinski definition) is 1. The smallest absolute Gasteiger partial charge is 0.115 e. The molecule has 0 bridgehead atoms. The van der Waals surface area contributed by atoms with E-state index in [4.69, 9.17) is 4.74 Å². The predicted molar refractivity (Wildman–Crippen MR) is 65.7 cm³/mol. The Morgan fingerprint density at radius 1 is 1.33 bits per heavy atom. The fourth-order valence-corrected chi connectivity index (χ4v) is 1.81. The first kappa shape index (κ1) is 12.4. The molecule has 0 aromatic heterocycles. The molecule has 0 fully saturated rings. The first-order chi connectivity index (χ1) is 7.36. The van der Waals surface area contributed by atoms with Crippen molar-refractivity contribution in [3.05, 3.63) is 24.0 Å². The molecule has 0 aromatic rings. The first-order valence-electron chi connectivity index (χ1n) is 6.36. The van der Waals surface area contributed by atoms with E-state index in [1.54, 1.807) is 0 Å². The molecule has 1 rings (SSSR count). The van der Waals surface area contributed by atoms with Crippen LogP contribution in [0.3, 0.4) is 0 Å². The lowest BCUT2D eigenvalue weighted by Crippen LogP contribution is -2.08. The summed E-state index contributed by atoms with van der Waals surface area (Å²) in [5.41, 5.74) is 0. The largest absolute Gasteiger partial charge is 0.494 e. The third kappa shape index (κ3) is 5.06. The highest BCUT2D eigenvalue weighted by Gasteiger charge is 2.07. The van der Waals surface area contributed by atoms with E-state index in [1.165, 1.54) is 32.1 Å². The molecule has 0 aliphatic heterocycles. The highest BCUT2D eigenvalue weighted by Crippen LogP contribution is 2.17. The van der Waals surface area contributed by atoms with Crippen molar-refractivity contribution in [1.82, 2.24) is 0 Å². The average molecular weight is 208 g/mol. The van der Waals surface area contributed by atoms with Crippen LogP contribution < -0.4 is 0 Å². The van der Waals surface area contributed by atoms with Gasteiger partial charge in [-0.3, -0.25) is 0 Å². The summed E-state index contributed by atoms with van der Waals surface area (Å²) >= 11 is 0. The van der Waals surface area contributed by atoms with Gasteiger partial charge in [0.05, 0.1) is 6.61 Å². The highest BCUT2D eigenvalue weighted by atomic mass is 16.5. The Hall–Kier alpha value is -0.720. The van der Waals surface area contributed by atoms with E-state index in [1.807, 2.05) is 0 Å². The zero-order valence-electron chi connectivity index (χ0n) is 10.2. The van der Waals surface area contributed by atoms with Crippen molar-refractivity contribution in [3.63, 3.8) is 0 Å². The summed E-state index contributed by atoms with van der Waals surface area (Å²) in [5, 5.41) is 0. The Balaban J connectivity index is 2.21. The molecule has 0 heterocycles. The molecule has 0 radical (unpaired) electrons. The van der Waals surface area contributed by atoms with Gasteiger partial charge in [-0.2, -0.15) is 0 Å². The minimum Gasteiger partial charge on any atom is -0.494 e. The molecule has 0 aromatic carbocycles. The number of rotatable bonds is 7. The maximum Gasteiger partial charge on any atom is 0.115 e. The molecule has 0 saturated heterocycles. The summed E-state index contributed by atoms with van der Waals surface area (Å²) < 4.78 is 5.81.